The van der Waals surface area contributed by atoms with E-state index in [0.29, 0.717) is 23.8 Å². The van der Waals surface area contributed by atoms with Crippen molar-refractivity contribution < 1.29 is 9.53 Å². The van der Waals surface area contributed by atoms with Gasteiger partial charge in [0, 0.05) is 6.54 Å². The molecule has 1 saturated carbocycles. The molecule has 1 aliphatic carbocycles. The number of nitriles is 1. The average molecular weight is 319 g/mol. The summed E-state index contributed by atoms with van der Waals surface area (Å²) in [5.74, 6) is 0.830. The maximum Gasteiger partial charge on any atom is 0.238 e. The number of hydrogen-bond donors (Lipinski definition) is 0. The number of carbonyl (C=O) groups excluding carboxylic acids is 1. The molecule has 0 saturated heterocycles. The predicted octanol–water partition coefficient (Wildman–Crippen LogP) is 3.10. The zero-order valence-electron chi connectivity index (χ0n) is 12.6. The van der Waals surface area contributed by atoms with Crippen molar-refractivity contribution in [3.8, 4) is 11.8 Å². The molecule has 1 fully saturated rings. The predicted molar refractivity (Wildman–Crippen MR) is 85.7 cm³/mol. The van der Waals surface area contributed by atoms with Crippen LogP contribution in [0.1, 0.15) is 24.0 Å². The number of amides is 1. The molecule has 0 aromatic heterocycles. The van der Waals surface area contributed by atoms with Crippen molar-refractivity contribution in [1.29, 1.82) is 5.26 Å². The lowest BCUT2D eigenvalue weighted by molar-refractivity contribution is -0.130. The molecule has 1 amide bonds. The Bertz CT molecular complexity index is 605. The quantitative estimate of drug-likeness (QED) is 0.573. The summed E-state index contributed by atoms with van der Waals surface area (Å²) in [6, 6.07) is 7.42. The lowest BCUT2D eigenvalue weighted by atomic mass is 10.1. The van der Waals surface area contributed by atoms with Crippen LogP contribution in [0.15, 0.2) is 30.9 Å². The SMILES string of the molecule is C=CC(C1CC1)N(Cc1ccc(C#N)c(OC)c1)C(=O)CCl. The summed E-state index contributed by atoms with van der Waals surface area (Å²) in [5, 5.41) is 9.03. The van der Waals surface area contributed by atoms with E-state index in [1.807, 2.05) is 12.1 Å². The topological polar surface area (TPSA) is 53.3 Å². The monoisotopic (exact) mass is 318 g/mol. The van der Waals surface area contributed by atoms with Crippen LogP contribution in [0.3, 0.4) is 0 Å². The number of benzene rings is 1. The lowest BCUT2D eigenvalue weighted by Crippen LogP contribution is -2.40. The van der Waals surface area contributed by atoms with Gasteiger partial charge < -0.3 is 9.64 Å². The Hall–Kier alpha value is -1.99. The first-order valence-electron chi connectivity index (χ1n) is 7.19. The highest BCUT2D eigenvalue weighted by molar-refractivity contribution is 6.27. The third kappa shape index (κ3) is 3.61. The van der Waals surface area contributed by atoms with Gasteiger partial charge in [0.25, 0.3) is 0 Å². The van der Waals surface area contributed by atoms with Gasteiger partial charge in [0.1, 0.15) is 17.7 Å². The van der Waals surface area contributed by atoms with Gasteiger partial charge in [-0.15, -0.1) is 18.2 Å². The van der Waals surface area contributed by atoms with Crippen LogP contribution in [0.25, 0.3) is 0 Å². The number of methoxy groups -OCH3 is 1. The van der Waals surface area contributed by atoms with E-state index >= 15 is 0 Å². The van der Waals surface area contributed by atoms with E-state index in [2.05, 4.69) is 12.6 Å². The van der Waals surface area contributed by atoms with E-state index in [9.17, 15) is 4.79 Å². The van der Waals surface area contributed by atoms with Crippen molar-refractivity contribution in [2.75, 3.05) is 13.0 Å². The molecule has 116 valence electrons. The normalized spacial score (nSPS) is 14.8. The van der Waals surface area contributed by atoms with Gasteiger partial charge in [0.15, 0.2) is 0 Å². The molecule has 1 aromatic carbocycles. The van der Waals surface area contributed by atoms with Gasteiger partial charge in [0.05, 0.1) is 18.7 Å². The summed E-state index contributed by atoms with van der Waals surface area (Å²) in [5.41, 5.74) is 1.38. The van der Waals surface area contributed by atoms with Crippen LogP contribution < -0.4 is 4.74 Å². The summed E-state index contributed by atoms with van der Waals surface area (Å²) < 4.78 is 5.22. The molecule has 0 radical (unpaired) electrons. The van der Waals surface area contributed by atoms with Crippen molar-refractivity contribution in [2.45, 2.75) is 25.4 Å². The van der Waals surface area contributed by atoms with E-state index in [0.717, 1.165) is 18.4 Å². The molecule has 4 nitrogen and oxygen atoms in total. The van der Waals surface area contributed by atoms with Crippen LogP contribution in [0, 0.1) is 17.2 Å². The van der Waals surface area contributed by atoms with E-state index < -0.39 is 0 Å². The van der Waals surface area contributed by atoms with Crippen LogP contribution in [0.2, 0.25) is 0 Å². The van der Waals surface area contributed by atoms with Gasteiger partial charge >= 0.3 is 0 Å². The van der Waals surface area contributed by atoms with E-state index in [4.69, 9.17) is 21.6 Å². The van der Waals surface area contributed by atoms with Crippen molar-refractivity contribution in [3.63, 3.8) is 0 Å². The Labute approximate surface area is 135 Å². The molecule has 0 N–H and O–H groups in total. The Morgan fingerprint density at radius 3 is 2.86 bits per heavy atom. The molecule has 0 heterocycles. The molecule has 1 aliphatic rings. The zero-order chi connectivity index (χ0) is 16.1. The second-order valence-corrected chi connectivity index (χ2v) is 5.63. The average Bonchev–Trinajstić information content (AvgIpc) is 3.38. The Morgan fingerprint density at radius 2 is 2.36 bits per heavy atom. The Balaban J connectivity index is 2.25. The number of carbonyl (C=O) groups is 1. The fourth-order valence-corrected chi connectivity index (χ4v) is 2.73. The largest absolute Gasteiger partial charge is 0.495 e. The van der Waals surface area contributed by atoms with Crippen LogP contribution in [-0.2, 0) is 11.3 Å². The van der Waals surface area contributed by atoms with Crippen molar-refractivity contribution in [2.24, 2.45) is 5.92 Å². The van der Waals surface area contributed by atoms with E-state index in [1.54, 1.807) is 17.0 Å². The summed E-state index contributed by atoms with van der Waals surface area (Å²) in [6.45, 7) is 4.29. The third-order valence-electron chi connectivity index (χ3n) is 3.88. The van der Waals surface area contributed by atoms with Crippen LogP contribution in [0.5, 0.6) is 5.75 Å². The first kappa shape index (κ1) is 16.4. The molecule has 1 unspecified atom stereocenters. The summed E-state index contributed by atoms with van der Waals surface area (Å²) >= 11 is 5.75. The van der Waals surface area contributed by atoms with Gasteiger partial charge in [0.2, 0.25) is 5.91 Å². The molecule has 2 rings (SSSR count). The van der Waals surface area contributed by atoms with Gasteiger partial charge in [-0.05, 0) is 36.5 Å². The Morgan fingerprint density at radius 1 is 1.64 bits per heavy atom. The highest BCUT2D eigenvalue weighted by Crippen LogP contribution is 2.36. The standard InChI is InChI=1S/C17H19ClN2O2/c1-3-15(13-6-7-13)20(17(21)9-18)11-12-4-5-14(10-19)16(8-12)22-2/h3-5,8,13,15H,1,6-7,9,11H2,2H3. The third-order valence-corrected chi connectivity index (χ3v) is 4.11. The molecule has 22 heavy (non-hydrogen) atoms. The molecule has 0 aliphatic heterocycles. The minimum atomic E-state index is -0.109. The second-order valence-electron chi connectivity index (χ2n) is 5.37. The van der Waals surface area contributed by atoms with Crippen molar-refractivity contribution >= 4 is 17.5 Å². The molecule has 1 atom stereocenters. The number of alkyl halides is 1. The summed E-state index contributed by atoms with van der Waals surface area (Å²) in [6.07, 6.45) is 4.04. The smallest absolute Gasteiger partial charge is 0.238 e. The molecule has 5 heteroatoms. The van der Waals surface area contributed by atoms with Crippen molar-refractivity contribution in [1.82, 2.24) is 4.90 Å². The lowest BCUT2D eigenvalue weighted by Gasteiger charge is -2.29. The highest BCUT2D eigenvalue weighted by Gasteiger charge is 2.35. The second kappa shape index (κ2) is 7.33. The maximum absolute atomic E-state index is 12.2. The molecule has 1 aromatic rings. The fourth-order valence-electron chi connectivity index (χ4n) is 2.57. The van der Waals surface area contributed by atoms with Crippen LogP contribution >= 0.6 is 11.6 Å². The van der Waals surface area contributed by atoms with Gasteiger partial charge in [-0.1, -0.05) is 12.1 Å². The molecular formula is C17H19ClN2O2. The highest BCUT2D eigenvalue weighted by atomic mass is 35.5. The van der Waals surface area contributed by atoms with Gasteiger partial charge in [-0.2, -0.15) is 5.26 Å². The van der Waals surface area contributed by atoms with Crippen LogP contribution in [-0.4, -0.2) is 29.8 Å². The number of ether oxygens (including phenoxy) is 1. The van der Waals surface area contributed by atoms with Gasteiger partial charge in [-0.25, -0.2) is 0 Å². The number of nitrogens with zero attached hydrogens (tertiary/aromatic N) is 2. The zero-order valence-corrected chi connectivity index (χ0v) is 13.3. The first-order chi connectivity index (χ1) is 10.6. The molecular weight excluding hydrogens is 300 g/mol. The number of hydrogen-bond acceptors (Lipinski definition) is 3. The first-order valence-corrected chi connectivity index (χ1v) is 7.73. The molecule has 0 bridgehead atoms. The van der Waals surface area contributed by atoms with E-state index in [-0.39, 0.29) is 17.8 Å². The number of halogens is 1. The van der Waals surface area contributed by atoms with E-state index in [1.165, 1.54) is 7.11 Å². The van der Waals surface area contributed by atoms with Crippen molar-refractivity contribution in [3.05, 3.63) is 42.0 Å². The molecule has 0 spiro atoms. The van der Waals surface area contributed by atoms with Crippen LogP contribution in [0.4, 0.5) is 0 Å². The van der Waals surface area contributed by atoms with Gasteiger partial charge in [-0.3, -0.25) is 4.79 Å². The minimum Gasteiger partial charge on any atom is -0.495 e. The summed E-state index contributed by atoms with van der Waals surface area (Å²) in [4.78, 5) is 14.0. The summed E-state index contributed by atoms with van der Waals surface area (Å²) in [7, 11) is 1.53. The fraction of sp³-hybridized carbons (Fsp3) is 0.412. The Kier molecular flexibility index (Phi) is 5.46. The minimum absolute atomic E-state index is 0.00730. The number of rotatable bonds is 7. The maximum atomic E-state index is 12.2.